The van der Waals surface area contributed by atoms with Crippen LogP contribution in [-0.2, 0) is 4.79 Å². The minimum Gasteiger partial charge on any atom is -0.474 e. The lowest BCUT2D eigenvalue weighted by atomic mass is 10.2. The number of hydrogen-bond donors (Lipinski definition) is 3. The molecule has 2 aromatic rings. The van der Waals surface area contributed by atoms with Crippen molar-refractivity contribution in [1.29, 1.82) is 0 Å². The first kappa shape index (κ1) is 15.0. The number of rotatable bonds is 5. The molecular formula is C14H18N4O3. The molecule has 0 saturated heterocycles. The number of fused-ring (bicyclic) bond motifs is 1. The summed E-state index contributed by atoms with van der Waals surface area (Å²) in [6, 6.07) is 0. The van der Waals surface area contributed by atoms with Gasteiger partial charge in [-0.2, -0.15) is 0 Å². The Balaban J connectivity index is 2.35. The number of aromatic nitrogens is 3. The van der Waals surface area contributed by atoms with E-state index in [2.05, 4.69) is 20.3 Å². The second-order valence-corrected chi connectivity index (χ2v) is 5.20. The first-order valence-corrected chi connectivity index (χ1v) is 6.48. The molecule has 2 aromatic heterocycles. The maximum absolute atomic E-state index is 11.3. The molecule has 3 N–H and O–H groups in total. The van der Waals surface area contributed by atoms with Crippen LogP contribution in [0.1, 0.15) is 19.4 Å². The van der Waals surface area contributed by atoms with Gasteiger partial charge >= 0.3 is 0 Å². The third-order valence-corrected chi connectivity index (χ3v) is 2.69. The number of aromatic amines is 1. The molecule has 0 aliphatic heterocycles. The van der Waals surface area contributed by atoms with Crippen LogP contribution < -0.4 is 10.1 Å². The van der Waals surface area contributed by atoms with E-state index >= 15 is 0 Å². The summed E-state index contributed by atoms with van der Waals surface area (Å²) in [5.41, 5.74) is 0.373. The van der Waals surface area contributed by atoms with Crippen LogP contribution >= 0.6 is 0 Å². The van der Waals surface area contributed by atoms with E-state index < -0.39 is 5.60 Å². The standard InChI is InChI=1S/C14H18N4O3/c1-14(2,20)7-21-13-11-9(4-5-10(19)15-3)6-16-12(11)17-8-18-13/h4-6,8,20H,7H2,1-3H3,(H,15,19)(H,16,17,18). The highest BCUT2D eigenvalue weighted by Crippen LogP contribution is 2.26. The summed E-state index contributed by atoms with van der Waals surface area (Å²) >= 11 is 0. The SMILES string of the molecule is CNC(=O)C=Cc1c[nH]c2ncnc(OCC(C)(C)O)c12. The highest BCUT2D eigenvalue weighted by molar-refractivity contribution is 5.96. The molecule has 0 aromatic carbocycles. The maximum atomic E-state index is 11.3. The molecule has 7 nitrogen and oxygen atoms in total. The van der Waals surface area contributed by atoms with Crippen LogP contribution in [0, 0.1) is 0 Å². The summed E-state index contributed by atoms with van der Waals surface area (Å²) in [5.74, 6) is 0.153. The van der Waals surface area contributed by atoms with Crippen LogP contribution in [0.5, 0.6) is 5.88 Å². The lowest BCUT2D eigenvalue weighted by Gasteiger charge is -2.17. The van der Waals surface area contributed by atoms with Gasteiger partial charge in [0.05, 0.1) is 11.0 Å². The summed E-state index contributed by atoms with van der Waals surface area (Å²) in [6.07, 6.45) is 6.16. The monoisotopic (exact) mass is 290 g/mol. The van der Waals surface area contributed by atoms with E-state index in [1.165, 1.54) is 12.4 Å². The molecule has 0 radical (unpaired) electrons. The predicted molar refractivity (Wildman–Crippen MR) is 78.8 cm³/mol. The summed E-state index contributed by atoms with van der Waals surface area (Å²) < 4.78 is 5.56. The van der Waals surface area contributed by atoms with Gasteiger partial charge < -0.3 is 20.1 Å². The zero-order valence-electron chi connectivity index (χ0n) is 12.2. The van der Waals surface area contributed by atoms with E-state index in [1.807, 2.05) is 0 Å². The van der Waals surface area contributed by atoms with Crippen molar-refractivity contribution in [1.82, 2.24) is 20.3 Å². The van der Waals surface area contributed by atoms with Crippen molar-refractivity contribution in [2.75, 3.05) is 13.7 Å². The molecule has 0 aliphatic rings. The molecular weight excluding hydrogens is 272 g/mol. The van der Waals surface area contributed by atoms with E-state index in [1.54, 1.807) is 33.2 Å². The Hall–Kier alpha value is -2.41. The Morgan fingerprint density at radius 1 is 1.52 bits per heavy atom. The molecule has 112 valence electrons. The van der Waals surface area contributed by atoms with Gasteiger partial charge in [-0.1, -0.05) is 0 Å². The lowest BCUT2D eigenvalue weighted by Crippen LogP contribution is -2.28. The molecule has 1 amide bonds. The molecule has 0 aliphatic carbocycles. The average molecular weight is 290 g/mol. The fourth-order valence-electron chi connectivity index (χ4n) is 1.69. The second kappa shape index (κ2) is 5.92. The number of amides is 1. The van der Waals surface area contributed by atoms with E-state index in [0.29, 0.717) is 16.9 Å². The number of aliphatic hydroxyl groups is 1. The van der Waals surface area contributed by atoms with Gasteiger partial charge in [-0.3, -0.25) is 4.79 Å². The molecule has 0 fully saturated rings. The number of nitrogens with one attached hydrogen (secondary N) is 2. The third kappa shape index (κ3) is 3.79. The number of nitrogens with zero attached hydrogens (tertiary/aromatic N) is 2. The first-order valence-electron chi connectivity index (χ1n) is 6.48. The summed E-state index contributed by atoms with van der Waals surface area (Å²) in [7, 11) is 1.56. The van der Waals surface area contributed by atoms with Gasteiger partial charge in [-0.25, -0.2) is 9.97 Å². The summed E-state index contributed by atoms with van der Waals surface area (Å²) in [5, 5.41) is 12.9. The molecule has 0 bridgehead atoms. The smallest absolute Gasteiger partial charge is 0.243 e. The molecule has 0 atom stereocenters. The zero-order chi connectivity index (χ0) is 15.5. The number of ether oxygens (including phenoxy) is 1. The molecule has 0 saturated carbocycles. The minimum atomic E-state index is -0.967. The summed E-state index contributed by atoms with van der Waals surface area (Å²) in [4.78, 5) is 22.5. The third-order valence-electron chi connectivity index (χ3n) is 2.69. The van der Waals surface area contributed by atoms with Crippen LogP contribution in [0.25, 0.3) is 17.1 Å². The van der Waals surface area contributed by atoms with Gasteiger partial charge in [0.25, 0.3) is 0 Å². The fraction of sp³-hybridized carbons (Fsp3) is 0.357. The van der Waals surface area contributed by atoms with E-state index in [4.69, 9.17) is 4.74 Å². The lowest BCUT2D eigenvalue weighted by molar-refractivity contribution is -0.115. The second-order valence-electron chi connectivity index (χ2n) is 5.20. The van der Waals surface area contributed by atoms with E-state index in [9.17, 15) is 9.90 Å². The predicted octanol–water partition coefficient (Wildman–Crippen LogP) is 0.867. The minimum absolute atomic E-state index is 0.100. The fourth-order valence-corrected chi connectivity index (χ4v) is 1.69. The van der Waals surface area contributed by atoms with Crippen LogP contribution in [0.15, 0.2) is 18.6 Å². The normalized spacial score (nSPS) is 12.0. The summed E-state index contributed by atoms with van der Waals surface area (Å²) in [6.45, 7) is 3.40. The van der Waals surface area contributed by atoms with Crippen LogP contribution in [-0.4, -0.2) is 45.2 Å². The Morgan fingerprint density at radius 2 is 2.29 bits per heavy atom. The first-order chi connectivity index (χ1) is 9.90. The van der Waals surface area contributed by atoms with Gasteiger partial charge in [-0.15, -0.1) is 0 Å². The zero-order valence-corrected chi connectivity index (χ0v) is 12.2. The Morgan fingerprint density at radius 3 is 2.95 bits per heavy atom. The molecule has 0 spiro atoms. The van der Waals surface area contributed by atoms with Crippen LogP contribution in [0.3, 0.4) is 0 Å². The van der Waals surface area contributed by atoms with Crippen LogP contribution in [0.2, 0.25) is 0 Å². The van der Waals surface area contributed by atoms with Crippen molar-refractivity contribution in [2.24, 2.45) is 0 Å². The number of H-pyrrole nitrogens is 1. The molecule has 2 heterocycles. The highest BCUT2D eigenvalue weighted by Gasteiger charge is 2.17. The Kier molecular flexibility index (Phi) is 4.23. The quantitative estimate of drug-likeness (QED) is 0.709. The Bertz CT molecular complexity index is 670. The van der Waals surface area contributed by atoms with Gasteiger partial charge in [-0.05, 0) is 19.9 Å². The van der Waals surface area contributed by atoms with Gasteiger partial charge in [0.2, 0.25) is 11.8 Å². The molecule has 0 unspecified atom stereocenters. The van der Waals surface area contributed by atoms with Gasteiger partial charge in [0.1, 0.15) is 18.6 Å². The van der Waals surface area contributed by atoms with Crippen molar-refractivity contribution in [3.8, 4) is 5.88 Å². The van der Waals surface area contributed by atoms with Crippen molar-refractivity contribution >= 4 is 23.0 Å². The number of carbonyl (C=O) groups is 1. The van der Waals surface area contributed by atoms with E-state index in [-0.39, 0.29) is 12.5 Å². The average Bonchev–Trinajstić information content (AvgIpc) is 2.85. The molecule has 21 heavy (non-hydrogen) atoms. The maximum Gasteiger partial charge on any atom is 0.243 e. The molecule has 7 heteroatoms. The van der Waals surface area contributed by atoms with Gasteiger partial charge in [0.15, 0.2) is 0 Å². The van der Waals surface area contributed by atoms with Crippen molar-refractivity contribution in [3.05, 3.63) is 24.2 Å². The number of likely N-dealkylation sites (N-methyl/N-ethyl adjacent to an activating group) is 1. The largest absolute Gasteiger partial charge is 0.474 e. The van der Waals surface area contributed by atoms with Crippen molar-refractivity contribution in [3.63, 3.8) is 0 Å². The highest BCUT2D eigenvalue weighted by atomic mass is 16.5. The van der Waals surface area contributed by atoms with Crippen molar-refractivity contribution in [2.45, 2.75) is 19.4 Å². The molecule has 2 rings (SSSR count). The topological polar surface area (TPSA) is 100 Å². The van der Waals surface area contributed by atoms with Crippen LogP contribution in [0.4, 0.5) is 0 Å². The van der Waals surface area contributed by atoms with Gasteiger partial charge in [0, 0.05) is 24.9 Å². The number of carbonyl (C=O) groups excluding carboxylic acids is 1. The van der Waals surface area contributed by atoms with E-state index in [0.717, 1.165) is 5.56 Å². The van der Waals surface area contributed by atoms with Crippen molar-refractivity contribution < 1.29 is 14.6 Å². The Labute approximate surface area is 122 Å². The number of hydrogen-bond acceptors (Lipinski definition) is 5.